The molecule has 0 fully saturated rings. The van der Waals surface area contributed by atoms with E-state index in [1.54, 1.807) is 0 Å². The Morgan fingerprint density at radius 1 is 1.35 bits per heavy atom. The Morgan fingerprint density at radius 3 is 2.59 bits per heavy atom. The maximum absolute atomic E-state index is 13.2. The van der Waals surface area contributed by atoms with Crippen LogP contribution in [-0.4, -0.2) is 24.2 Å². The lowest BCUT2D eigenvalue weighted by Gasteiger charge is -2.08. The van der Waals surface area contributed by atoms with E-state index < -0.39 is 11.3 Å². The van der Waals surface area contributed by atoms with Crippen LogP contribution >= 0.6 is 11.8 Å². The Bertz CT molecular complexity index is 392. The molecule has 1 aromatic carbocycles. The lowest BCUT2D eigenvalue weighted by atomic mass is 10.2. The van der Waals surface area contributed by atoms with Crippen molar-refractivity contribution in [2.45, 2.75) is 5.51 Å². The summed E-state index contributed by atoms with van der Waals surface area (Å²) in [7, 11) is 0. The van der Waals surface area contributed by atoms with E-state index >= 15 is 0 Å². The zero-order chi connectivity index (χ0) is 12.9. The van der Waals surface area contributed by atoms with Gasteiger partial charge < -0.3 is 4.74 Å². The van der Waals surface area contributed by atoms with E-state index in [-0.39, 0.29) is 35.4 Å². The van der Waals surface area contributed by atoms with Gasteiger partial charge in [-0.1, -0.05) is 0 Å². The minimum atomic E-state index is -4.32. The summed E-state index contributed by atoms with van der Waals surface area (Å²) in [5.74, 6) is -1.26. The normalized spacial score (nSPS) is 11.3. The molecule has 0 unspecified atom stereocenters. The summed E-state index contributed by atoms with van der Waals surface area (Å²) in [5.41, 5.74) is -4.18. The smallest absolute Gasteiger partial charge is 0.441 e. The maximum Gasteiger partial charge on any atom is 0.441 e. The predicted molar refractivity (Wildman–Crippen MR) is 55.8 cm³/mol. The third-order valence-corrected chi connectivity index (χ3v) is 2.40. The fourth-order valence-corrected chi connectivity index (χ4v) is 1.41. The minimum Gasteiger partial charge on any atom is -0.490 e. The van der Waals surface area contributed by atoms with Crippen LogP contribution in [0.1, 0.15) is 10.4 Å². The highest BCUT2D eigenvalue weighted by Gasteiger charge is 2.27. The number of rotatable bonds is 5. The van der Waals surface area contributed by atoms with Gasteiger partial charge in [-0.2, -0.15) is 13.2 Å². The fraction of sp³-hybridized carbons (Fsp3) is 0.300. The van der Waals surface area contributed by atoms with E-state index in [0.29, 0.717) is 6.29 Å². The average molecular weight is 268 g/mol. The fourth-order valence-electron chi connectivity index (χ4n) is 1.02. The molecule has 0 bridgehead atoms. The maximum atomic E-state index is 13.2. The third kappa shape index (κ3) is 5.08. The Labute approximate surface area is 99.0 Å². The molecule has 17 heavy (non-hydrogen) atoms. The van der Waals surface area contributed by atoms with Crippen molar-refractivity contribution in [1.29, 1.82) is 0 Å². The van der Waals surface area contributed by atoms with Gasteiger partial charge in [-0.15, -0.1) is 0 Å². The Kier molecular flexibility index (Phi) is 4.80. The van der Waals surface area contributed by atoms with Gasteiger partial charge in [-0.3, -0.25) is 4.79 Å². The SMILES string of the molecule is O=Cc1ccc(OCCSC(F)(F)F)c(F)c1. The summed E-state index contributed by atoms with van der Waals surface area (Å²) in [6.07, 6.45) is 0.465. The highest BCUT2D eigenvalue weighted by molar-refractivity contribution is 8.00. The Hall–Kier alpha value is -1.24. The molecule has 0 aromatic heterocycles. The van der Waals surface area contributed by atoms with Gasteiger partial charge >= 0.3 is 5.51 Å². The Balaban J connectivity index is 2.44. The van der Waals surface area contributed by atoms with Gasteiger partial charge in [0.05, 0.1) is 6.61 Å². The molecule has 0 radical (unpaired) electrons. The Morgan fingerprint density at radius 2 is 2.06 bits per heavy atom. The second-order valence-corrected chi connectivity index (χ2v) is 4.11. The van der Waals surface area contributed by atoms with Crippen LogP contribution in [0.5, 0.6) is 5.75 Å². The number of halogens is 4. The molecule has 0 saturated heterocycles. The van der Waals surface area contributed by atoms with Gasteiger partial charge in [0, 0.05) is 11.3 Å². The van der Waals surface area contributed by atoms with Crippen LogP contribution in [0.15, 0.2) is 18.2 Å². The van der Waals surface area contributed by atoms with Gasteiger partial charge in [0.25, 0.3) is 0 Å². The number of alkyl halides is 3. The molecule has 0 saturated carbocycles. The molecule has 1 aromatic rings. The first-order chi connectivity index (χ1) is 7.92. The van der Waals surface area contributed by atoms with E-state index in [2.05, 4.69) is 0 Å². The number of thioether (sulfide) groups is 1. The molecule has 2 nitrogen and oxygen atoms in total. The monoisotopic (exact) mass is 268 g/mol. The minimum absolute atomic E-state index is 0.138. The molecule has 7 heteroatoms. The molecule has 0 aliphatic heterocycles. The molecule has 0 spiro atoms. The summed E-state index contributed by atoms with van der Waals surface area (Å²) < 4.78 is 53.3. The third-order valence-electron chi connectivity index (χ3n) is 1.70. The molecular weight excluding hydrogens is 260 g/mol. The molecule has 0 aliphatic carbocycles. The van der Waals surface area contributed by atoms with Crippen LogP contribution in [0, 0.1) is 5.82 Å². The number of carbonyl (C=O) groups excluding carboxylic acids is 1. The lowest BCUT2D eigenvalue weighted by Crippen LogP contribution is -2.08. The van der Waals surface area contributed by atoms with Crippen LogP contribution in [-0.2, 0) is 0 Å². The van der Waals surface area contributed by atoms with Crippen molar-refractivity contribution < 1.29 is 27.1 Å². The lowest BCUT2D eigenvalue weighted by molar-refractivity contribution is -0.0329. The number of benzene rings is 1. The van der Waals surface area contributed by atoms with Crippen molar-refractivity contribution in [2.24, 2.45) is 0 Å². The molecule has 94 valence electrons. The zero-order valence-electron chi connectivity index (χ0n) is 8.46. The number of hydrogen-bond acceptors (Lipinski definition) is 3. The van der Waals surface area contributed by atoms with Crippen molar-refractivity contribution in [3.05, 3.63) is 29.6 Å². The largest absolute Gasteiger partial charge is 0.490 e. The van der Waals surface area contributed by atoms with Gasteiger partial charge in [-0.25, -0.2) is 4.39 Å². The van der Waals surface area contributed by atoms with Gasteiger partial charge in [0.2, 0.25) is 0 Å². The van der Waals surface area contributed by atoms with Crippen molar-refractivity contribution in [2.75, 3.05) is 12.4 Å². The number of ether oxygens (including phenoxy) is 1. The van der Waals surface area contributed by atoms with Gasteiger partial charge in [-0.05, 0) is 30.0 Å². The molecule has 0 atom stereocenters. The molecule has 0 heterocycles. The number of carbonyl (C=O) groups is 1. The van der Waals surface area contributed by atoms with Crippen LogP contribution in [0.2, 0.25) is 0 Å². The predicted octanol–water partition coefficient (Wildman–Crippen LogP) is 3.27. The van der Waals surface area contributed by atoms with Crippen LogP contribution in [0.25, 0.3) is 0 Å². The van der Waals surface area contributed by atoms with Crippen molar-refractivity contribution >= 4 is 18.0 Å². The van der Waals surface area contributed by atoms with Gasteiger partial charge in [0.15, 0.2) is 11.6 Å². The quantitative estimate of drug-likeness (QED) is 0.466. The average Bonchev–Trinajstić information content (AvgIpc) is 2.24. The summed E-state index contributed by atoms with van der Waals surface area (Å²) in [5, 5.41) is 0. The van der Waals surface area contributed by atoms with Gasteiger partial charge in [0.1, 0.15) is 6.29 Å². The number of hydrogen-bond donors (Lipinski definition) is 0. The van der Waals surface area contributed by atoms with Crippen LogP contribution < -0.4 is 4.74 Å². The van der Waals surface area contributed by atoms with E-state index in [4.69, 9.17) is 4.74 Å². The first-order valence-corrected chi connectivity index (χ1v) is 5.49. The summed E-state index contributed by atoms with van der Waals surface area (Å²) in [6.45, 7) is -0.262. The molecule has 1 rings (SSSR count). The second kappa shape index (κ2) is 5.90. The summed E-state index contributed by atoms with van der Waals surface area (Å²) >= 11 is -0.237. The van der Waals surface area contributed by atoms with Crippen molar-refractivity contribution in [1.82, 2.24) is 0 Å². The standard InChI is InChI=1S/C10H8F4O2S/c11-8-5-7(6-15)1-2-9(8)16-3-4-17-10(12,13)14/h1-2,5-6H,3-4H2. The van der Waals surface area contributed by atoms with Crippen molar-refractivity contribution in [3.63, 3.8) is 0 Å². The van der Waals surface area contributed by atoms with E-state index in [1.807, 2.05) is 0 Å². The first kappa shape index (κ1) is 13.8. The molecule has 0 N–H and O–H groups in total. The highest BCUT2D eigenvalue weighted by atomic mass is 32.2. The summed E-state index contributed by atoms with van der Waals surface area (Å²) in [6, 6.07) is 3.48. The summed E-state index contributed by atoms with van der Waals surface area (Å²) in [4.78, 5) is 10.3. The number of aldehydes is 1. The topological polar surface area (TPSA) is 26.3 Å². The molecule has 0 amide bonds. The molecular formula is C10H8F4O2S. The zero-order valence-corrected chi connectivity index (χ0v) is 9.28. The van der Waals surface area contributed by atoms with Crippen LogP contribution in [0.3, 0.4) is 0 Å². The highest BCUT2D eigenvalue weighted by Crippen LogP contribution is 2.29. The molecule has 0 aliphatic rings. The van der Waals surface area contributed by atoms with E-state index in [1.165, 1.54) is 12.1 Å². The van der Waals surface area contributed by atoms with Crippen LogP contribution in [0.4, 0.5) is 17.6 Å². The first-order valence-electron chi connectivity index (χ1n) is 4.50. The van der Waals surface area contributed by atoms with Crippen molar-refractivity contribution in [3.8, 4) is 5.75 Å². The second-order valence-electron chi connectivity index (χ2n) is 2.95. The van der Waals surface area contributed by atoms with E-state index in [0.717, 1.165) is 6.07 Å². The van der Waals surface area contributed by atoms with E-state index in [9.17, 15) is 22.4 Å².